The molecule has 0 saturated carbocycles. The SMILES string of the molecule is Cc1ccc(C(=O)c2ccccc2C(=O)NC(C)C(N)=O)cc1C. The average Bonchev–Trinajstić information content (AvgIpc) is 2.56. The molecule has 0 aromatic heterocycles. The Bertz CT molecular complexity index is 812. The van der Waals surface area contributed by atoms with Crippen LogP contribution in [0.5, 0.6) is 0 Å². The van der Waals surface area contributed by atoms with Crippen molar-refractivity contribution in [1.82, 2.24) is 5.32 Å². The third kappa shape index (κ3) is 3.68. The summed E-state index contributed by atoms with van der Waals surface area (Å²) in [6.07, 6.45) is 0. The van der Waals surface area contributed by atoms with E-state index < -0.39 is 17.9 Å². The molecule has 1 atom stereocenters. The van der Waals surface area contributed by atoms with Crippen molar-refractivity contribution in [2.45, 2.75) is 26.8 Å². The number of benzene rings is 2. The van der Waals surface area contributed by atoms with Crippen LogP contribution in [0.3, 0.4) is 0 Å². The van der Waals surface area contributed by atoms with Crippen LogP contribution >= 0.6 is 0 Å². The molecule has 0 fully saturated rings. The Morgan fingerprint density at radius 3 is 2.17 bits per heavy atom. The van der Waals surface area contributed by atoms with E-state index in [1.54, 1.807) is 36.4 Å². The van der Waals surface area contributed by atoms with Gasteiger partial charge < -0.3 is 11.1 Å². The molecule has 24 heavy (non-hydrogen) atoms. The summed E-state index contributed by atoms with van der Waals surface area (Å²) in [7, 11) is 0. The van der Waals surface area contributed by atoms with Crippen LogP contribution in [0.4, 0.5) is 0 Å². The van der Waals surface area contributed by atoms with Crippen molar-refractivity contribution >= 4 is 17.6 Å². The molecule has 3 N–H and O–H groups in total. The predicted octanol–water partition coefficient (Wildman–Crippen LogP) is 2.14. The quantitative estimate of drug-likeness (QED) is 0.826. The Hall–Kier alpha value is -2.95. The topological polar surface area (TPSA) is 89.3 Å². The lowest BCUT2D eigenvalue weighted by Crippen LogP contribution is -2.42. The summed E-state index contributed by atoms with van der Waals surface area (Å²) in [4.78, 5) is 36.3. The van der Waals surface area contributed by atoms with E-state index in [9.17, 15) is 14.4 Å². The first-order valence-electron chi connectivity index (χ1n) is 7.62. The molecule has 124 valence electrons. The first-order valence-corrected chi connectivity index (χ1v) is 7.62. The summed E-state index contributed by atoms with van der Waals surface area (Å²) in [5, 5.41) is 2.50. The van der Waals surface area contributed by atoms with E-state index in [1.165, 1.54) is 6.92 Å². The standard InChI is InChI=1S/C19H20N2O3/c1-11-8-9-14(10-12(11)2)17(22)15-6-4-5-7-16(15)19(24)21-13(3)18(20)23/h4-10,13H,1-3H3,(H2,20,23)(H,21,24). The summed E-state index contributed by atoms with van der Waals surface area (Å²) in [6.45, 7) is 5.39. The highest BCUT2D eigenvalue weighted by Crippen LogP contribution is 2.17. The lowest BCUT2D eigenvalue weighted by molar-refractivity contribution is -0.119. The van der Waals surface area contributed by atoms with Crippen molar-refractivity contribution in [1.29, 1.82) is 0 Å². The molecular weight excluding hydrogens is 304 g/mol. The molecule has 0 aliphatic carbocycles. The first-order chi connectivity index (χ1) is 11.3. The minimum Gasteiger partial charge on any atom is -0.368 e. The van der Waals surface area contributed by atoms with E-state index in [-0.39, 0.29) is 16.9 Å². The van der Waals surface area contributed by atoms with Crippen LogP contribution in [0.15, 0.2) is 42.5 Å². The Morgan fingerprint density at radius 1 is 0.958 bits per heavy atom. The number of nitrogens with one attached hydrogen (secondary N) is 1. The fraction of sp³-hybridized carbons (Fsp3) is 0.211. The highest BCUT2D eigenvalue weighted by atomic mass is 16.2. The molecule has 2 amide bonds. The number of amides is 2. The van der Waals surface area contributed by atoms with Gasteiger partial charge in [-0.25, -0.2) is 0 Å². The number of aryl methyl sites for hydroxylation is 2. The molecule has 0 radical (unpaired) electrons. The highest BCUT2D eigenvalue weighted by Gasteiger charge is 2.20. The predicted molar refractivity (Wildman–Crippen MR) is 91.9 cm³/mol. The number of primary amides is 1. The number of rotatable bonds is 5. The lowest BCUT2D eigenvalue weighted by Gasteiger charge is -2.13. The molecule has 0 heterocycles. The number of carbonyl (C=O) groups excluding carboxylic acids is 3. The normalized spacial score (nSPS) is 11.6. The van der Waals surface area contributed by atoms with Crippen molar-refractivity contribution in [3.8, 4) is 0 Å². The average molecular weight is 324 g/mol. The summed E-state index contributed by atoms with van der Waals surface area (Å²) in [6, 6.07) is 11.1. The summed E-state index contributed by atoms with van der Waals surface area (Å²) < 4.78 is 0. The van der Waals surface area contributed by atoms with Crippen LogP contribution in [0.25, 0.3) is 0 Å². The van der Waals surface area contributed by atoms with Crippen LogP contribution in [-0.2, 0) is 4.79 Å². The van der Waals surface area contributed by atoms with Gasteiger partial charge in [0.15, 0.2) is 5.78 Å². The molecule has 0 aliphatic rings. The van der Waals surface area contributed by atoms with E-state index in [1.807, 2.05) is 19.9 Å². The summed E-state index contributed by atoms with van der Waals surface area (Å²) in [5.41, 5.74) is 8.28. The second kappa shape index (κ2) is 7.08. The maximum Gasteiger partial charge on any atom is 0.252 e. The van der Waals surface area contributed by atoms with Crippen LogP contribution in [-0.4, -0.2) is 23.6 Å². The monoisotopic (exact) mass is 324 g/mol. The second-order valence-electron chi connectivity index (χ2n) is 5.77. The van der Waals surface area contributed by atoms with Crippen molar-refractivity contribution in [2.24, 2.45) is 5.73 Å². The highest BCUT2D eigenvalue weighted by molar-refractivity contribution is 6.15. The van der Waals surface area contributed by atoms with Crippen LogP contribution < -0.4 is 11.1 Å². The lowest BCUT2D eigenvalue weighted by atomic mass is 9.95. The Balaban J connectivity index is 2.37. The number of carbonyl (C=O) groups is 3. The zero-order valence-electron chi connectivity index (χ0n) is 13.9. The fourth-order valence-electron chi connectivity index (χ4n) is 2.26. The fourth-order valence-corrected chi connectivity index (χ4v) is 2.26. The maximum atomic E-state index is 12.8. The van der Waals surface area contributed by atoms with Gasteiger partial charge >= 0.3 is 0 Å². The molecule has 0 spiro atoms. The van der Waals surface area contributed by atoms with Gasteiger partial charge in [-0.2, -0.15) is 0 Å². The number of nitrogens with two attached hydrogens (primary N) is 1. The molecule has 5 nitrogen and oxygen atoms in total. The Labute approximate surface area is 140 Å². The summed E-state index contributed by atoms with van der Waals surface area (Å²) >= 11 is 0. The number of hydrogen-bond donors (Lipinski definition) is 2. The minimum atomic E-state index is -0.817. The van der Waals surface area contributed by atoms with Gasteiger partial charge in [-0.3, -0.25) is 14.4 Å². The van der Waals surface area contributed by atoms with E-state index >= 15 is 0 Å². The van der Waals surface area contributed by atoms with Gasteiger partial charge in [0.1, 0.15) is 6.04 Å². The van der Waals surface area contributed by atoms with Crippen LogP contribution in [0.2, 0.25) is 0 Å². The Kier molecular flexibility index (Phi) is 5.14. The first kappa shape index (κ1) is 17.4. The van der Waals surface area contributed by atoms with E-state index in [0.717, 1.165) is 11.1 Å². The smallest absolute Gasteiger partial charge is 0.252 e. The molecular formula is C19H20N2O3. The molecule has 2 aromatic rings. The van der Waals surface area contributed by atoms with Gasteiger partial charge in [-0.1, -0.05) is 30.3 Å². The van der Waals surface area contributed by atoms with Gasteiger partial charge in [0.25, 0.3) is 5.91 Å². The third-order valence-corrected chi connectivity index (χ3v) is 3.96. The van der Waals surface area contributed by atoms with Gasteiger partial charge in [-0.05, 0) is 44.0 Å². The van der Waals surface area contributed by atoms with Crippen LogP contribution in [0, 0.1) is 13.8 Å². The van der Waals surface area contributed by atoms with Crippen molar-refractivity contribution < 1.29 is 14.4 Å². The van der Waals surface area contributed by atoms with Gasteiger partial charge in [-0.15, -0.1) is 0 Å². The molecule has 0 saturated heterocycles. The molecule has 2 rings (SSSR count). The van der Waals surface area contributed by atoms with Crippen molar-refractivity contribution in [3.63, 3.8) is 0 Å². The van der Waals surface area contributed by atoms with E-state index in [2.05, 4.69) is 5.32 Å². The molecule has 0 aliphatic heterocycles. The number of hydrogen-bond acceptors (Lipinski definition) is 3. The second-order valence-corrected chi connectivity index (χ2v) is 5.77. The van der Waals surface area contributed by atoms with Crippen LogP contribution in [0.1, 0.15) is 44.3 Å². The van der Waals surface area contributed by atoms with E-state index in [0.29, 0.717) is 5.56 Å². The maximum absolute atomic E-state index is 12.8. The number of ketones is 1. The molecule has 0 bridgehead atoms. The largest absolute Gasteiger partial charge is 0.368 e. The molecule has 2 aromatic carbocycles. The summed E-state index contributed by atoms with van der Waals surface area (Å²) in [5.74, 6) is -1.38. The molecule has 5 heteroatoms. The van der Waals surface area contributed by atoms with Crippen molar-refractivity contribution in [3.05, 3.63) is 70.3 Å². The minimum absolute atomic E-state index is 0.217. The zero-order chi connectivity index (χ0) is 17.9. The zero-order valence-corrected chi connectivity index (χ0v) is 13.9. The van der Waals surface area contributed by atoms with Crippen molar-refractivity contribution in [2.75, 3.05) is 0 Å². The van der Waals surface area contributed by atoms with Gasteiger partial charge in [0.2, 0.25) is 5.91 Å². The van der Waals surface area contributed by atoms with Gasteiger partial charge in [0, 0.05) is 11.1 Å². The van der Waals surface area contributed by atoms with E-state index in [4.69, 9.17) is 5.73 Å². The van der Waals surface area contributed by atoms with Gasteiger partial charge in [0.05, 0.1) is 5.56 Å². The Morgan fingerprint density at radius 2 is 1.58 bits per heavy atom. The third-order valence-electron chi connectivity index (χ3n) is 3.96. The molecule has 1 unspecified atom stereocenters.